The van der Waals surface area contributed by atoms with Gasteiger partial charge in [0.1, 0.15) is 11.5 Å². The van der Waals surface area contributed by atoms with Crippen LogP contribution in [0.3, 0.4) is 0 Å². The van der Waals surface area contributed by atoms with Crippen molar-refractivity contribution in [1.29, 1.82) is 0 Å². The molecule has 0 atom stereocenters. The van der Waals surface area contributed by atoms with Crippen LogP contribution in [0, 0.1) is 3.57 Å². The first-order valence-electron chi connectivity index (χ1n) is 9.66. The van der Waals surface area contributed by atoms with Crippen LogP contribution < -0.4 is 0 Å². The van der Waals surface area contributed by atoms with Crippen molar-refractivity contribution >= 4 is 34.5 Å². The minimum atomic E-state index is -0.388. The van der Waals surface area contributed by atoms with Crippen LogP contribution in [-0.4, -0.2) is 36.4 Å². The second-order valence-electron chi connectivity index (χ2n) is 9.07. The van der Waals surface area contributed by atoms with E-state index in [0.29, 0.717) is 14.7 Å². The highest BCUT2D eigenvalue weighted by Gasteiger charge is 2.22. The third-order valence-corrected chi connectivity index (χ3v) is 5.34. The molecule has 2 N–H and O–H groups in total. The van der Waals surface area contributed by atoms with E-state index >= 15 is 0 Å². The highest BCUT2D eigenvalue weighted by Crippen LogP contribution is 2.35. The summed E-state index contributed by atoms with van der Waals surface area (Å²) in [5.74, 6) is -0.333. The molecule has 0 spiro atoms. The smallest absolute Gasteiger partial charge is 0.337 e. The standard InChI is InChI=1S/C12H15IO3.C12H16O3/c1-12(2,3)8-5-7(11(15)16-4)6-9(13)10(8)14;1-12(2,3)9-7-8(11(14)15-4)5-6-10(9)13/h5-6,14H,1-4H3;5-7,13H,1-4H3. The number of esters is 2. The van der Waals surface area contributed by atoms with Crippen molar-refractivity contribution in [2.45, 2.75) is 52.4 Å². The molecule has 0 saturated carbocycles. The van der Waals surface area contributed by atoms with Gasteiger partial charge in [-0.3, -0.25) is 0 Å². The van der Waals surface area contributed by atoms with Gasteiger partial charge >= 0.3 is 11.9 Å². The van der Waals surface area contributed by atoms with Crippen molar-refractivity contribution in [2.75, 3.05) is 14.2 Å². The van der Waals surface area contributed by atoms with Gasteiger partial charge in [-0.1, -0.05) is 41.5 Å². The second-order valence-corrected chi connectivity index (χ2v) is 10.2. The number of halogens is 1. The molecule has 0 unspecified atom stereocenters. The fourth-order valence-electron chi connectivity index (χ4n) is 2.79. The molecule has 0 aliphatic carbocycles. The Morgan fingerprint density at radius 3 is 1.68 bits per heavy atom. The molecule has 0 heterocycles. The van der Waals surface area contributed by atoms with Crippen LogP contribution in [0.4, 0.5) is 0 Å². The van der Waals surface area contributed by atoms with Crippen molar-refractivity contribution in [3.8, 4) is 11.5 Å². The molecular weight excluding hydrogens is 511 g/mol. The average molecular weight is 542 g/mol. The number of hydrogen-bond donors (Lipinski definition) is 2. The van der Waals surface area contributed by atoms with E-state index in [0.717, 1.165) is 11.1 Å². The third kappa shape index (κ3) is 7.12. The lowest BCUT2D eigenvalue weighted by molar-refractivity contribution is 0.0591. The van der Waals surface area contributed by atoms with E-state index in [9.17, 15) is 19.8 Å². The maximum atomic E-state index is 11.4. The molecule has 0 aliphatic heterocycles. The van der Waals surface area contributed by atoms with E-state index in [1.165, 1.54) is 20.3 Å². The van der Waals surface area contributed by atoms with Gasteiger partial charge in [-0.15, -0.1) is 0 Å². The summed E-state index contributed by atoms with van der Waals surface area (Å²) >= 11 is 2.01. The zero-order chi connectivity index (χ0) is 24.1. The molecule has 0 amide bonds. The van der Waals surface area contributed by atoms with Gasteiger partial charge in [0, 0.05) is 11.1 Å². The molecule has 0 fully saturated rings. The zero-order valence-corrected chi connectivity index (χ0v) is 21.4. The van der Waals surface area contributed by atoms with E-state index < -0.39 is 0 Å². The number of ether oxygens (including phenoxy) is 2. The highest BCUT2D eigenvalue weighted by atomic mass is 127. The Morgan fingerprint density at radius 2 is 1.23 bits per heavy atom. The molecule has 6 nitrogen and oxygen atoms in total. The monoisotopic (exact) mass is 542 g/mol. The molecule has 0 radical (unpaired) electrons. The fraction of sp³-hybridized carbons (Fsp3) is 0.417. The normalized spacial score (nSPS) is 11.3. The first-order valence-corrected chi connectivity index (χ1v) is 10.7. The lowest BCUT2D eigenvalue weighted by atomic mass is 9.85. The van der Waals surface area contributed by atoms with Crippen molar-refractivity contribution in [3.63, 3.8) is 0 Å². The number of methoxy groups -OCH3 is 2. The van der Waals surface area contributed by atoms with E-state index in [1.54, 1.807) is 24.3 Å². The maximum Gasteiger partial charge on any atom is 0.337 e. The third-order valence-electron chi connectivity index (χ3n) is 4.52. The molecule has 2 aromatic carbocycles. The average Bonchev–Trinajstić information content (AvgIpc) is 2.67. The van der Waals surface area contributed by atoms with Crippen LogP contribution in [-0.2, 0) is 20.3 Å². The van der Waals surface area contributed by atoms with Crippen LogP contribution in [0.25, 0.3) is 0 Å². The lowest BCUT2D eigenvalue weighted by Crippen LogP contribution is -2.14. The van der Waals surface area contributed by atoms with Crippen molar-refractivity contribution < 1.29 is 29.3 Å². The Hall–Kier alpha value is -2.29. The predicted octanol–water partition coefficient (Wildman–Crippen LogP) is 5.56. The number of aromatic hydroxyl groups is 2. The minimum absolute atomic E-state index is 0.200. The summed E-state index contributed by atoms with van der Waals surface area (Å²) in [6.07, 6.45) is 0. The van der Waals surface area contributed by atoms with Gasteiger partial charge in [-0.2, -0.15) is 0 Å². The highest BCUT2D eigenvalue weighted by molar-refractivity contribution is 14.1. The van der Waals surface area contributed by atoms with E-state index in [-0.39, 0.29) is 34.3 Å². The van der Waals surface area contributed by atoms with Gasteiger partial charge in [0.2, 0.25) is 0 Å². The summed E-state index contributed by atoms with van der Waals surface area (Å²) < 4.78 is 9.96. The Balaban J connectivity index is 0.000000311. The van der Waals surface area contributed by atoms with E-state index in [1.807, 2.05) is 64.1 Å². The van der Waals surface area contributed by atoms with Crippen LogP contribution >= 0.6 is 22.6 Å². The van der Waals surface area contributed by atoms with Gasteiger partial charge in [0.25, 0.3) is 0 Å². The summed E-state index contributed by atoms with van der Waals surface area (Å²) in [5.41, 5.74) is 2.00. The van der Waals surface area contributed by atoms with Crippen molar-refractivity contribution in [2.24, 2.45) is 0 Å². The van der Waals surface area contributed by atoms with Crippen molar-refractivity contribution in [3.05, 3.63) is 56.2 Å². The van der Waals surface area contributed by atoms with Crippen LogP contribution in [0.1, 0.15) is 73.4 Å². The molecule has 7 heteroatoms. The molecule has 0 aromatic heterocycles. The first kappa shape index (κ1) is 26.7. The lowest BCUT2D eigenvalue weighted by Gasteiger charge is -2.21. The SMILES string of the molecule is COC(=O)c1cc(I)c(O)c(C(C)(C)C)c1.COC(=O)c1ccc(O)c(C(C)(C)C)c1. The molecule has 170 valence electrons. The molecule has 2 aromatic rings. The summed E-state index contributed by atoms with van der Waals surface area (Å²) in [6.45, 7) is 11.9. The Labute approximate surface area is 197 Å². The number of hydrogen-bond acceptors (Lipinski definition) is 6. The summed E-state index contributed by atoms with van der Waals surface area (Å²) in [4.78, 5) is 22.7. The summed E-state index contributed by atoms with van der Waals surface area (Å²) in [5, 5.41) is 19.6. The molecular formula is C24H31IO6. The largest absolute Gasteiger partial charge is 0.508 e. The topological polar surface area (TPSA) is 93.1 Å². The van der Waals surface area contributed by atoms with Gasteiger partial charge < -0.3 is 19.7 Å². The predicted molar refractivity (Wildman–Crippen MR) is 129 cm³/mol. The fourth-order valence-corrected chi connectivity index (χ4v) is 3.41. The maximum absolute atomic E-state index is 11.4. The Bertz CT molecular complexity index is 952. The van der Waals surface area contributed by atoms with Gasteiger partial charge in [-0.25, -0.2) is 9.59 Å². The first-order chi connectivity index (χ1) is 14.1. The minimum Gasteiger partial charge on any atom is -0.508 e. The molecule has 0 saturated heterocycles. The summed E-state index contributed by atoms with van der Waals surface area (Å²) in [6, 6.07) is 8.05. The van der Waals surface area contributed by atoms with E-state index in [2.05, 4.69) is 9.47 Å². The number of phenols is 2. The number of rotatable bonds is 2. The van der Waals surface area contributed by atoms with Crippen LogP contribution in [0.2, 0.25) is 0 Å². The molecule has 2 rings (SSSR count). The van der Waals surface area contributed by atoms with Gasteiger partial charge in [0.15, 0.2) is 0 Å². The Morgan fingerprint density at radius 1 is 0.774 bits per heavy atom. The van der Waals surface area contributed by atoms with Gasteiger partial charge in [-0.05, 0) is 63.8 Å². The zero-order valence-electron chi connectivity index (χ0n) is 19.3. The second kappa shape index (κ2) is 10.3. The molecule has 31 heavy (non-hydrogen) atoms. The van der Waals surface area contributed by atoms with Crippen LogP contribution in [0.5, 0.6) is 11.5 Å². The number of benzene rings is 2. The molecule has 0 aliphatic rings. The quantitative estimate of drug-likeness (QED) is 0.382. The number of carbonyl (C=O) groups is 2. The van der Waals surface area contributed by atoms with Crippen molar-refractivity contribution in [1.82, 2.24) is 0 Å². The Kier molecular flexibility index (Phi) is 8.93. The number of carbonyl (C=O) groups excluding carboxylic acids is 2. The van der Waals surface area contributed by atoms with E-state index in [4.69, 9.17) is 0 Å². The van der Waals surface area contributed by atoms with Crippen LogP contribution in [0.15, 0.2) is 30.3 Å². The summed E-state index contributed by atoms with van der Waals surface area (Å²) in [7, 11) is 2.69. The number of phenolic OH excluding ortho intramolecular Hbond substituents is 2. The molecule has 0 bridgehead atoms. The van der Waals surface area contributed by atoms with Gasteiger partial charge in [0.05, 0.1) is 28.9 Å².